The first kappa shape index (κ1) is 20.8. The average molecular weight is 456 g/mol. The number of hydrogen-bond donors (Lipinski definition) is 1. The van der Waals surface area contributed by atoms with Crippen LogP contribution in [-0.2, 0) is 11.8 Å². The Morgan fingerprint density at radius 2 is 1.79 bits per heavy atom. The Labute approximate surface area is 193 Å². The minimum Gasteiger partial charge on any atom is -0.322 e. The van der Waals surface area contributed by atoms with Gasteiger partial charge in [-0.15, -0.1) is 0 Å². The zero-order chi connectivity index (χ0) is 22.9. The first-order valence-corrected chi connectivity index (χ1v) is 11.3. The minimum absolute atomic E-state index is 0.186. The molecule has 0 spiro atoms. The van der Waals surface area contributed by atoms with E-state index in [1.165, 1.54) is 11.3 Å². The van der Waals surface area contributed by atoms with Gasteiger partial charge in [0.2, 0.25) is 0 Å². The highest BCUT2D eigenvalue weighted by molar-refractivity contribution is 7.07. The number of aryl methyl sites for hydroxylation is 1. The molecule has 0 radical (unpaired) electrons. The van der Waals surface area contributed by atoms with Gasteiger partial charge in [-0.25, -0.2) is 4.99 Å². The van der Waals surface area contributed by atoms with E-state index in [4.69, 9.17) is 0 Å². The predicted molar refractivity (Wildman–Crippen MR) is 128 cm³/mol. The molecule has 0 aliphatic carbocycles. The lowest BCUT2D eigenvalue weighted by atomic mass is 9.95. The second-order valence-corrected chi connectivity index (χ2v) is 8.77. The van der Waals surface area contributed by atoms with Gasteiger partial charge in [0.05, 0.1) is 28.0 Å². The summed E-state index contributed by atoms with van der Waals surface area (Å²) in [5, 5.41) is 7.12. The van der Waals surface area contributed by atoms with Crippen LogP contribution in [0.1, 0.15) is 24.1 Å². The van der Waals surface area contributed by atoms with Gasteiger partial charge in [-0.3, -0.25) is 18.8 Å². The van der Waals surface area contributed by atoms with E-state index < -0.39 is 6.04 Å². The van der Waals surface area contributed by atoms with E-state index in [9.17, 15) is 9.59 Å². The van der Waals surface area contributed by atoms with Gasteiger partial charge in [-0.2, -0.15) is 5.10 Å². The van der Waals surface area contributed by atoms with Crippen molar-refractivity contribution in [1.29, 1.82) is 0 Å². The topological polar surface area (TPSA) is 81.3 Å². The zero-order valence-electron chi connectivity index (χ0n) is 18.1. The van der Waals surface area contributed by atoms with Crippen LogP contribution in [0.4, 0.5) is 5.69 Å². The predicted octanol–water partition coefficient (Wildman–Crippen LogP) is 2.61. The number of fused-ring (bicyclic) bond motifs is 1. The van der Waals surface area contributed by atoms with E-state index >= 15 is 0 Å². The number of rotatable bonds is 4. The van der Waals surface area contributed by atoms with Crippen molar-refractivity contribution in [2.75, 3.05) is 5.32 Å². The zero-order valence-corrected chi connectivity index (χ0v) is 18.9. The summed E-state index contributed by atoms with van der Waals surface area (Å²) >= 11 is 1.31. The summed E-state index contributed by atoms with van der Waals surface area (Å²) in [5.74, 6) is -0.280. The van der Waals surface area contributed by atoms with Crippen molar-refractivity contribution in [3.05, 3.63) is 115 Å². The summed E-state index contributed by atoms with van der Waals surface area (Å²) in [5.41, 5.74) is 3.21. The maximum Gasteiger partial charge on any atom is 0.271 e. The normalized spacial score (nSPS) is 15.8. The van der Waals surface area contributed by atoms with Gasteiger partial charge in [0.15, 0.2) is 4.80 Å². The molecule has 1 N–H and O–H groups in total. The van der Waals surface area contributed by atoms with Gasteiger partial charge in [0, 0.05) is 24.5 Å². The fraction of sp³-hybridized carbons (Fsp3) is 0.120. The fourth-order valence-corrected chi connectivity index (χ4v) is 5.00. The van der Waals surface area contributed by atoms with Crippen molar-refractivity contribution in [2.24, 2.45) is 12.0 Å². The fourth-order valence-electron chi connectivity index (χ4n) is 3.95. The number of amides is 1. The van der Waals surface area contributed by atoms with Crippen LogP contribution in [0.3, 0.4) is 0 Å². The number of benzene rings is 2. The number of hydrogen-bond acceptors (Lipinski definition) is 5. The van der Waals surface area contributed by atoms with Crippen molar-refractivity contribution in [1.82, 2.24) is 14.3 Å². The van der Waals surface area contributed by atoms with E-state index in [0.29, 0.717) is 26.3 Å². The van der Waals surface area contributed by atoms with Crippen LogP contribution in [0.15, 0.2) is 94.1 Å². The highest BCUT2D eigenvalue weighted by atomic mass is 32.1. The molecule has 4 aromatic rings. The molecular weight excluding hydrogens is 434 g/mol. The number of thiazole rings is 1. The lowest BCUT2D eigenvalue weighted by Crippen LogP contribution is -2.40. The molecule has 7 nitrogen and oxygen atoms in total. The summed E-state index contributed by atoms with van der Waals surface area (Å²) in [6.07, 6.45) is 5.36. The molecule has 8 heteroatoms. The SMILES string of the molecule is CC1=C(C(=O)Nc2ccccc2)C(c2ccccc2)n2c(s/c(=C/c3cnn(C)c3)c2=O)=N1. The van der Waals surface area contributed by atoms with Crippen molar-refractivity contribution in [2.45, 2.75) is 13.0 Å². The minimum atomic E-state index is -0.581. The second-order valence-electron chi connectivity index (χ2n) is 7.76. The molecule has 1 amide bonds. The van der Waals surface area contributed by atoms with Crippen LogP contribution in [0.5, 0.6) is 0 Å². The van der Waals surface area contributed by atoms with E-state index in [-0.39, 0.29) is 11.5 Å². The Morgan fingerprint density at radius 1 is 1.09 bits per heavy atom. The Morgan fingerprint density at radius 3 is 2.45 bits per heavy atom. The third kappa shape index (κ3) is 3.96. The van der Waals surface area contributed by atoms with E-state index in [0.717, 1.165) is 11.1 Å². The number of para-hydroxylation sites is 1. The van der Waals surface area contributed by atoms with Gasteiger partial charge in [0.1, 0.15) is 0 Å². The number of aromatic nitrogens is 3. The highest BCUT2D eigenvalue weighted by Crippen LogP contribution is 2.30. The Kier molecular flexibility index (Phi) is 5.35. The second kappa shape index (κ2) is 8.48. The Bertz CT molecular complexity index is 1550. The molecule has 1 aliphatic heterocycles. The monoisotopic (exact) mass is 455 g/mol. The van der Waals surface area contributed by atoms with Crippen molar-refractivity contribution in [3.8, 4) is 0 Å². The first-order valence-electron chi connectivity index (χ1n) is 10.4. The first-order chi connectivity index (χ1) is 16.0. The molecule has 2 aromatic carbocycles. The summed E-state index contributed by atoms with van der Waals surface area (Å²) in [6.45, 7) is 1.81. The van der Waals surface area contributed by atoms with Crippen LogP contribution < -0.4 is 20.2 Å². The smallest absolute Gasteiger partial charge is 0.271 e. The van der Waals surface area contributed by atoms with Gasteiger partial charge in [-0.05, 0) is 30.7 Å². The molecular formula is C25H21N5O2S. The van der Waals surface area contributed by atoms with Crippen LogP contribution in [-0.4, -0.2) is 20.3 Å². The van der Waals surface area contributed by atoms with Gasteiger partial charge >= 0.3 is 0 Å². The molecule has 5 rings (SSSR count). The largest absolute Gasteiger partial charge is 0.322 e. The third-order valence-corrected chi connectivity index (χ3v) is 6.42. The average Bonchev–Trinajstić information content (AvgIpc) is 3.36. The molecule has 2 aromatic heterocycles. The standard InChI is InChI=1S/C25H21N5O2S/c1-16-21(23(31)28-19-11-7-4-8-12-19)22(18-9-5-3-6-10-18)30-24(32)20(33-25(30)27-16)13-17-14-26-29(2)15-17/h3-15,22H,1-2H3,(H,28,31)/b20-13+. The Balaban J connectivity index is 1.67. The van der Waals surface area contributed by atoms with Crippen LogP contribution in [0.2, 0.25) is 0 Å². The molecule has 1 unspecified atom stereocenters. The Hall–Kier alpha value is -4.04. The van der Waals surface area contributed by atoms with Crippen LogP contribution in [0, 0.1) is 0 Å². The molecule has 0 saturated carbocycles. The number of allylic oxidation sites excluding steroid dienone is 1. The quantitative estimate of drug-likeness (QED) is 0.514. The van der Waals surface area contributed by atoms with Crippen LogP contribution >= 0.6 is 11.3 Å². The van der Waals surface area contributed by atoms with Gasteiger partial charge in [0.25, 0.3) is 11.5 Å². The third-order valence-electron chi connectivity index (χ3n) is 5.44. The molecule has 0 fully saturated rings. The number of anilines is 1. The molecule has 0 bridgehead atoms. The summed E-state index contributed by atoms with van der Waals surface area (Å²) in [7, 11) is 1.83. The maximum absolute atomic E-state index is 13.5. The molecule has 3 heterocycles. The van der Waals surface area contributed by atoms with E-state index in [1.807, 2.05) is 86.9 Å². The molecule has 0 saturated heterocycles. The number of carbonyl (C=O) groups is 1. The lowest BCUT2D eigenvalue weighted by Gasteiger charge is -2.25. The lowest BCUT2D eigenvalue weighted by molar-refractivity contribution is -0.113. The number of nitrogens with one attached hydrogen (secondary N) is 1. The van der Waals surface area contributed by atoms with E-state index in [2.05, 4.69) is 15.4 Å². The summed E-state index contributed by atoms with van der Waals surface area (Å²) in [4.78, 5) is 32.2. The van der Waals surface area contributed by atoms with Crippen LogP contribution in [0.25, 0.3) is 6.08 Å². The van der Waals surface area contributed by atoms with Crippen molar-refractivity contribution < 1.29 is 4.79 Å². The van der Waals surface area contributed by atoms with Gasteiger partial charge < -0.3 is 5.32 Å². The number of nitrogens with zero attached hydrogens (tertiary/aromatic N) is 4. The molecule has 164 valence electrons. The number of carbonyl (C=O) groups excluding carboxylic acids is 1. The van der Waals surface area contributed by atoms with Gasteiger partial charge in [-0.1, -0.05) is 59.9 Å². The maximum atomic E-state index is 13.5. The summed E-state index contributed by atoms with van der Waals surface area (Å²) < 4.78 is 3.85. The van der Waals surface area contributed by atoms with Crippen molar-refractivity contribution >= 4 is 29.0 Å². The molecule has 1 atom stereocenters. The molecule has 33 heavy (non-hydrogen) atoms. The molecule has 1 aliphatic rings. The van der Waals surface area contributed by atoms with E-state index in [1.54, 1.807) is 15.4 Å². The van der Waals surface area contributed by atoms with Crippen molar-refractivity contribution in [3.63, 3.8) is 0 Å². The highest BCUT2D eigenvalue weighted by Gasteiger charge is 2.32. The summed E-state index contributed by atoms with van der Waals surface area (Å²) in [6, 6.07) is 18.3.